The van der Waals surface area contributed by atoms with Crippen molar-refractivity contribution in [1.82, 2.24) is 9.47 Å². The molecule has 3 aromatic carbocycles. The smallest absolute Gasteiger partial charge is 0.415 e. The van der Waals surface area contributed by atoms with Crippen molar-refractivity contribution < 1.29 is 49.8 Å². The van der Waals surface area contributed by atoms with Gasteiger partial charge in [0.2, 0.25) is 0 Å². The van der Waals surface area contributed by atoms with E-state index in [9.17, 15) is 36.0 Å². The second kappa shape index (κ2) is 15.2. The van der Waals surface area contributed by atoms with E-state index < -0.39 is 64.3 Å². The van der Waals surface area contributed by atoms with Crippen LogP contribution in [0.15, 0.2) is 71.6 Å². The van der Waals surface area contributed by atoms with Gasteiger partial charge in [-0.2, -0.15) is 13.2 Å². The number of hydrogen-bond acceptors (Lipinski definition) is 8. The van der Waals surface area contributed by atoms with Crippen molar-refractivity contribution in [1.29, 1.82) is 0 Å². The van der Waals surface area contributed by atoms with Crippen LogP contribution in [-0.4, -0.2) is 85.7 Å². The third kappa shape index (κ3) is 8.47. The fourth-order valence-corrected chi connectivity index (χ4v) is 7.62. The maximum absolute atomic E-state index is 15.8. The molecular formula is C40H40F4N4O7S. The summed E-state index contributed by atoms with van der Waals surface area (Å²) in [5, 5.41) is 3.50. The van der Waals surface area contributed by atoms with Gasteiger partial charge in [-0.05, 0) is 82.0 Å². The molecule has 6 rings (SSSR count). The Balaban J connectivity index is 1.28. The molecule has 2 aliphatic rings. The second-order valence-electron chi connectivity index (χ2n) is 14.7. The largest absolute Gasteiger partial charge is 0.495 e. The van der Waals surface area contributed by atoms with E-state index >= 15 is 4.39 Å². The number of amides is 3. The zero-order valence-electron chi connectivity index (χ0n) is 31.2. The first-order valence-corrected chi connectivity index (χ1v) is 19.6. The van der Waals surface area contributed by atoms with E-state index in [0.29, 0.717) is 17.5 Å². The molecule has 1 aromatic heterocycles. The topological polar surface area (TPSA) is 127 Å². The summed E-state index contributed by atoms with van der Waals surface area (Å²) in [7, 11) is -2.35. The zero-order valence-corrected chi connectivity index (χ0v) is 32.1. The number of aromatic nitrogens is 1. The van der Waals surface area contributed by atoms with Crippen LogP contribution in [0.25, 0.3) is 10.9 Å². The zero-order chi connectivity index (χ0) is 40.7. The molecule has 3 atom stereocenters. The van der Waals surface area contributed by atoms with Gasteiger partial charge in [-0.25, -0.2) is 17.6 Å². The number of imide groups is 1. The Labute approximate surface area is 321 Å². The lowest BCUT2D eigenvalue weighted by Crippen LogP contribution is -2.48. The molecule has 0 radical (unpaired) electrons. The number of alkyl halides is 4. The summed E-state index contributed by atoms with van der Waals surface area (Å²) in [5.74, 6) is 4.64. The molecule has 3 unspecified atom stereocenters. The number of ether oxygens (including phenoxy) is 2. The summed E-state index contributed by atoms with van der Waals surface area (Å²) in [4.78, 5) is 41.6. The fraction of sp³-hybridized carbons (Fsp3) is 0.375. The number of halogens is 4. The van der Waals surface area contributed by atoms with Gasteiger partial charge in [0.1, 0.15) is 24.1 Å². The maximum atomic E-state index is 15.8. The van der Waals surface area contributed by atoms with Crippen LogP contribution >= 0.6 is 0 Å². The molecule has 2 heterocycles. The van der Waals surface area contributed by atoms with Crippen LogP contribution in [0, 0.1) is 11.8 Å². The maximum Gasteiger partial charge on any atom is 0.415 e. The summed E-state index contributed by atoms with van der Waals surface area (Å²) in [6, 6.07) is 15.0. The lowest BCUT2D eigenvalue weighted by molar-refractivity contribution is -0.140. The molecule has 296 valence electrons. The summed E-state index contributed by atoms with van der Waals surface area (Å²) in [5.41, 5.74) is 0.229. The molecular weight excluding hydrogens is 757 g/mol. The molecule has 3 amide bonds. The van der Waals surface area contributed by atoms with Crippen LogP contribution in [0.5, 0.6) is 5.75 Å². The summed E-state index contributed by atoms with van der Waals surface area (Å²) in [6.45, 7) is 3.15. The molecule has 16 heteroatoms. The third-order valence-corrected chi connectivity index (χ3v) is 10.6. The molecule has 0 bridgehead atoms. The van der Waals surface area contributed by atoms with Crippen LogP contribution < -0.4 is 15.0 Å². The fourth-order valence-electron chi connectivity index (χ4n) is 6.98. The van der Waals surface area contributed by atoms with Crippen LogP contribution in [0.3, 0.4) is 0 Å². The monoisotopic (exact) mass is 796 g/mol. The summed E-state index contributed by atoms with van der Waals surface area (Å²) in [6.07, 6.45) is -5.54. The summed E-state index contributed by atoms with van der Waals surface area (Å²) >= 11 is 0. The number of nitrogens with one attached hydrogen (secondary N) is 1. The highest BCUT2D eigenvalue weighted by Crippen LogP contribution is 2.36. The van der Waals surface area contributed by atoms with E-state index in [4.69, 9.17) is 9.47 Å². The Bertz CT molecular complexity index is 2340. The van der Waals surface area contributed by atoms with Crippen LogP contribution in [0.4, 0.5) is 33.7 Å². The van der Waals surface area contributed by atoms with Gasteiger partial charge < -0.3 is 19.4 Å². The number of benzene rings is 3. The SMILES string of the molecule is COc1cc(S(C)(=O)=O)ccc1N(CC#Cc1cc2c(NC3CCC(N4C(=O)c5ccccc5C4=O)CC3F)cccc2n1CC(F)(F)F)C(=O)OC(C)(C)C. The van der Waals surface area contributed by atoms with Crippen LogP contribution in [0.2, 0.25) is 0 Å². The van der Waals surface area contributed by atoms with Crippen molar-refractivity contribution in [3.05, 3.63) is 83.6 Å². The van der Waals surface area contributed by atoms with Crippen molar-refractivity contribution in [2.75, 3.05) is 30.1 Å². The third-order valence-electron chi connectivity index (χ3n) is 9.50. The van der Waals surface area contributed by atoms with Crippen molar-refractivity contribution in [3.8, 4) is 17.6 Å². The number of carbonyl (C=O) groups is 3. The first-order chi connectivity index (χ1) is 26.3. The van der Waals surface area contributed by atoms with Crippen LogP contribution in [-0.2, 0) is 21.1 Å². The van der Waals surface area contributed by atoms with E-state index in [2.05, 4.69) is 17.2 Å². The van der Waals surface area contributed by atoms with Gasteiger partial charge in [-0.3, -0.25) is 19.4 Å². The first-order valence-electron chi connectivity index (χ1n) is 17.7. The lowest BCUT2D eigenvalue weighted by atomic mass is 9.88. The Morgan fingerprint density at radius 3 is 2.25 bits per heavy atom. The normalized spacial score (nSPS) is 18.7. The number of carbonyl (C=O) groups excluding carboxylic acids is 3. The molecule has 1 fully saturated rings. The molecule has 1 aliphatic heterocycles. The molecule has 11 nitrogen and oxygen atoms in total. The minimum atomic E-state index is -4.64. The lowest BCUT2D eigenvalue weighted by Gasteiger charge is -2.36. The van der Waals surface area contributed by atoms with Crippen molar-refractivity contribution in [3.63, 3.8) is 0 Å². The number of methoxy groups -OCH3 is 1. The average molecular weight is 797 g/mol. The summed E-state index contributed by atoms with van der Waals surface area (Å²) < 4.78 is 94.1. The molecule has 1 aliphatic carbocycles. The Morgan fingerprint density at radius 1 is 0.982 bits per heavy atom. The number of nitrogens with zero attached hydrogens (tertiary/aromatic N) is 3. The number of fused-ring (bicyclic) bond motifs is 2. The van der Waals surface area contributed by atoms with E-state index in [1.165, 1.54) is 37.4 Å². The quantitative estimate of drug-likeness (QED) is 0.111. The highest BCUT2D eigenvalue weighted by atomic mass is 32.2. The number of sulfone groups is 1. The molecule has 0 spiro atoms. The van der Waals surface area contributed by atoms with E-state index in [1.54, 1.807) is 57.2 Å². The van der Waals surface area contributed by atoms with Gasteiger partial charge in [0.15, 0.2) is 9.84 Å². The molecule has 1 N–H and O–H groups in total. The molecule has 1 saturated carbocycles. The van der Waals surface area contributed by atoms with Gasteiger partial charge in [-0.15, -0.1) is 0 Å². The highest BCUT2D eigenvalue weighted by Gasteiger charge is 2.43. The number of rotatable bonds is 8. The van der Waals surface area contributed by atoms with E-state index in [1.807, 2.05) is 0 Å². The Morgan fingerprint density at radius 2 is 1.66 bits per heavy atom. The minimum Gasteiger partial charge on any atom is -0.495 e. The van der Waals surface area contributed by atoms with Gasteiger partial charge in [-0.1, -0.05) is 24.1 Å². The van der Waals surface area contributed by atoms with Crippen molar-refractivity contribution in [2.24, 2.45) is 0 Å². The minimum absolute atomic E-state index is 0.0198. The average Bonchev–Trinajstić information content (AvgIpc) is 3.58. The van der Waals surface area contributed by atoms with Gasteiger partial charge in [0.25, 0.3) is 11.8 Å². The number of anilines is 2. The Kier molecular flexibility index (Phi) is 10.9. The molecule has 0 saturated heterocycles. The number of hydrogen-bond donors (Lipinski definition) is 1. The predicted molar refractivity (Wildman–Crippen MR) is 201 cm³/mol. The van der Waals surface area contributed by atoms with Crippen molar-refractivity contribution in [2.45, 2.75) is 81.5 Å². The second-order valence-corrected chi connectivity index (χ2v) is 16.7. The highest BCUT2D eigenvalue weighted by molar-refractivity contribution is 7.90. The Hall–Kier alpha value is -5.56. The van der Waals surface area contributed by atoms with Crippen LogP contribution in [0.1, 0.15) is 66.4 Å². The van der Waals surface area contributed by atoms with Gasteiger partial charge in [0, 0.05) is 35.9 Å². The van der Waals surface area contributed by atoms with Gasteiger partial charge in [0.05, 0.1) is 52.6 Å². The van der Waals surface area contributed by atoms with Crippen molar-refractivity contribution >= 4 is 50.0 Å². The first kappa shape index (κ1) is 40.1. The standard InChI is InChI=1S/C40H40F4N4O7S/c1-39(2,3)55-38(51)46(34-18-16-26(56(5,52)53)22-35(34)54-4)19-9-10-24-20-29-31(13-8-14-33(29)47(24)23-40(42,43)44)45-32-17-15-25(21-30(32)41)48-36(49)27-11-6-7-12-28(27)37(48)50/h6-8,11-14,16,18,20,22,25,30,32,45H,15,17,19,21,23H2,1-5H3. The van der Waals surface area contributed by atoms with Gasteiger partial charge >= 0.3 is 12.3 Å². The van der Waals surface area contributed by atoms with E-state index in [0.717, 1.165) is 20.6 Å². The van der Waals surface area contributed by atoms with E-state index in [-0.39, 0.29) is 58.1 Å². The molecule has 56 heavy (non-hydrogen) atoms. The predicted octanol–water partition coefficient (Wildman–Crippen LogP) is 7.38. The molecule has 4 aromatic rings.